The fourth-order valence-corrected chi connectivity index (χ4v) is 3.84. The van der Waals surface area contributed by atoms with Crippen LogP contribution in [0.2, 0.25) is 0 Å². The van der Waals surface area contributed by atoms with Crippen molar-refractivity contribution in [2.75, 3.05) is 18.4 Å². The molecule has 4 rings (SSSR count). The Morgan fingerprint density at radius 1 is 1.30 bits per heavy atom. The topological polar surface area (TPSA) is 74.3 Å². The minimum absolute atomic E-state index is 0.00924. The highest BCUT2D eigenvalue weighted by atomic mass is 19.1. The van der Waals surface area contributed by atoms with Gasteiger partial charge in [0.2, 0.25) is 5.91 Å². The minimum atomic E-state index is -0.317. The van der Waals surface area contributed by atoms with Crippen molar-refractivity contribution in [3.63, 3.8) is 0 Å². The molecule has 140 valence electrons. The van der Waals surface area contributed by atoms with Gasteiger partial charge in [0.1, 0.15) is 5.82 Å². The van der Waals surface area contributed by atoms with Gasteiger partial charge in [0.25, 0.3) is 0 Å². The number of likely N-dealkylation sites (tertiary alicyclic amines) is 1. The van der Waals surface area contributed by atoms with Crippen LogP contribution in [0.3, 0.4) is 0 Å². The summed E-state index contributed by atoms with van der Waals surface area (Å²) in [7, 11) is 0. The van der Waals surface area contributed by atoms with Gasteiger partial charge in [0.15, 0.2) is 0 Å². The number of amides is 3. The Labute approximate surface area is 156 Å². The van der Waals surface area contributed by atoms with E-state index in [1.54, 1.807) is 41.6 Å². The number of halogens is 1. The summed E-state index contributed by atoms with van der Waals surface area (Å²) in [5.41, 5.74) is 1.30. The van der Waals surface area contributed by atoms with Crippen LogP contribution >= 0.6 is 0 Å². The van der Waals surface area contributed by atoms with Crippen LogP contribution in [0.25, 0.3) is 0 Å². The second-order valence-corrected chi connectivity index (χ2v) is 7.31. The molecule has 6 nitrogen and oxygen atoms in total. The van der Waals surface area contributed by atoms with Gasteiger partial charge in [0.05, 0.1) is 11.9 Å². The molecule has 2 heterocycles. The molecule has 7 heteroatoms. The lowest BCUT2D eigenvalue weighted by Gasteiger charge is -2.17. The van der Waals surface area contributed by atoms with Gasteiger partial charge in [-0.1, -0.05) is 12.1 Å². The van der Waals surface area contributed by atoms with Crippen molar-refractivity contribution in [1.82, 2.24) is 15.2 Å². The van der Waals surface area contributed by atoms with Crippen molar-refractivity contribution >= 4 is 17.6 Å². The molecule has 2 N–H and O–H groups in total. The van der Waals surface area contributed by atoms with Crippen molar-refractivity contribution in [3.05, 3.63) is 60.2 Å². The van der Waals surface area contributed by atoms with Crippen LogP contribution in [0.4, 0.5) is 14.9 Å². The average molecular weight is 368 g/mol. The molecule has 1 saturated carbocycles. The van der Waals surface area contributed by atoms with Crippen molar-refractivity contribution in [2.45, 2.75) is 19.4 Å². The van der Waals surface area contributed by atoms with Crippen molar-refractivity contribution < 1.29 is 14.0 Å². The molecule has 1 saturated heterocycles. The Bertz CT molecular complexity index is 860. The van der Waals surface area contributed by atoms with Gasteiger partial charge in [-0.05, 0) is 42.7 Å². The molecule has 2 fully saturated rings. The van der Waals surface area contributed by atoms with E-state index >= 15 is 0 Å². The number of nitrogens with one attached hydrogen (secondary N) is 2. The molecular formula is C20H21FN4O2. The van der Waals surface area contributed by atoms with Crippen LogP contribution in [0.5, 0.6) is 0 Å². The first kappa shape index (κ1) is 17.5. The number of carbonyl (C=O) groups excluding carboxylic acids is 2. The third-order valence-corrected chi connectivity index (χ3v) is 5.44. The van der Waals surface area contributed by atoms with E-state index in [9.17, 15) is 14.0 Å². The maximum Gasteiger partial charge on any atom is 0.317 e. The van der Waals surface area contributed by atoms with Crippen molar-refractivity contribution in [2.24, 2.45) is 11.3 Å². The first-order chi connectivity index (χ1) is 13.1. The number of hydrogen-bond donors (Lipinski definition) is 2. The van der Waals surface area contributed by atoms with Crippen LogP contribution in [-0.4, -0.2) is 34.9 Å². The third-order valence-electron chi connectivity index (χ3n) is 5.44. The van der Waals surface area contributed by atoms with E-state index < -0.39 is 0 Å². The summed E-state index contributed by atoms with van der Waals surface area (Å²) in [6.45, 7) is 1.49. The van der Waals surface area contributed by atoms with Crippen molar-refractivity contribution in [3.8, 4) is 0 Å². The highest BCUT2D eigenvalue weighted by molar-refractivity contribution is 5.95. The Morgan fingerprint density at radius 3 is 2.96 bits per heavy atom. The van der Waals surface area contributed by atoms with Gasteiger partial charge in [-0.15, -0.1) is 0 Å². The SMILES string of the molecule is O=C(Nc1cccnc1)C1CC12CCN(C(=O)NCc1cccc(F)c1)C2. The highest BCUT2D eigenvalue weighted by Crippen LogP contribution is 2.58. The predicted octanol–water partition coefficient (Wildman–Crippen LogP) is 2.78. The minimum Gasteiger partial charge on any atom is -0.334 e. The van der Waals surface area contributed by atoms with Crippen LogP contribution < -0.4 is 10.6 Å². The summed E-state index contributed by atoms with van der Waals surface area (Å²) in [4.78, 5) is 30.6. The maximum absolute atomic E-state index is 13.2. The zero-order chi connectivity index (χ0) is 18.9. The van der Waals surface area contributed by atoms with E-state index in [0.29, 0.717) is 18.8 Å². The van der Waals surface area contributed by atoms with Crippen molar-refractivity contribution in [1.29, 1.82) is 0 Å². The van der Waals surface area contributed by atoms with Gasteiger partial charge in [-0.3, -0.25) is 9.78 Å². The summed E-state index contributed by atoms with van der Waals surface area (Å²) < 4.78 is 13.2. The number of carbonyl (C=O) groups is 2. The Morgan fingerprint density at radius 2 is 2.19 bits per heavy atom. The van der Waals surface area contributed by atoms with Crippen LogP contribution in [-0.2, 0) is 11.3 Å². The van der Waals surface area contributed by atoms with Gasteiger partial charge in [-0.2, -0.15) is 0 Å². The highest BCUT2D eigenvalue weighted by Gasteiger charge is 2.61. The largest absolute Gasteiger partial charge is 0.334 e. The summed E-state index contributed by atoms with van der Waals surface area (Å²) in [5, 5.41) is 5.72. The second-order valence-electron chi connectivity index (χ2n) is 7.31. The molecule has 1 aliphatic carbocycles. The maximum atomic E-state index is 13.2. The van der Waals surface area contributed by atoms with Gasteiger partial charge < -0.3 is 15.5 Å². The smallest absolute Gasteiger partial charge is 0.317 e. The summed E-state index contributed by atoms with van der Waals surface area (Å²) in [6, 6.07) is 9.59. The molecule has 27 heavy (non-hydrogen) atoms. The molecule has 2 unspecified atom stereocenters. The first-order valence-electron chi connectivity index (χ1n) is 9.04. The van der Waals surface area contributed by atoms with Crippen LogP contribution in [0, 0.1) is 17.2 Å². The van der Waals surface area contributed by atoms with Crippen LogP contribution in [0.1, 0.15) is 18.4 Å². The van der Waals surface area contributed by atoms with E-state index in [1.807, 2.05) is 0 Å². The summed E-state index contributed by atoms with van der Waals surface area (Å²) in [6.07, 6.45) is 4.90. The normalized spacial score (nSPS) is 23.3. The number of benzene rings is 1. The van der Waals surface area contributed by atoms with E-state index in [4.69, 9.17) is 0 Å². The quantitative estimate of drug-likeness (QED) is 0.871. The lowest BCUT2D eigenvalue weighted by molar-refractivity contribution is -0.118. The zero-order valence-electron chi connectivity index (χ0n) is 14.8. The molecule has 1 spiro atoms. The number of pyridine rings is 1. The monoisotopic (exact) mass is 368 g/mol. The fourth-order valence-electron chi connectivity index (χ4n) is 3.84. The van der Waals surface area contributed by atoms with E-state index in [1.165, 1.54) is 12.1 Å². The van der Waals surface area contributed by atoms with E-state index in [2.05, 4.69) is 15.6 Å². The molecule has 1 aliphatic heterocycles. The Kier molecular flexibility index (Phi) is 4.51. The number of rotatable bonds is 4. The van der Waals surface area contributed by atoms with E-state index in [-0.39, 0.29) is 35.6 Å². The molecular weight excluding hydrogens is 347 g/mol. The molecule has 2 aromatic rings. The molecule has 1 aromatic heterocycles. The number of anilines is 1. The molecule has 0 radical (unpaired) electrons. The number of urea groups is 1. The lowest BCUT2D eigenvalue weighted by Crippen LogP contribution is -2.38. The Balaban J connectivity index is 1.28. The van der Waals surface area contributed by atoms with Gasteiger partial charge >= 0.3 is 6.03 Å². The molecule has 3 amide bonds. The molecule has 1 aromatic carbocycles. The van der Waals surface area contributed by atoms with Gasteiger partial charge in [-0.25, -0.2) is 9.18 Å². The molecule has 0 bridgehead atoms. The molecule has 2 aliphatic rings. The number of hydrogen-bond acceptors (Lipinski definition) is 3. The predicted molar refractivity (Wildman–Crippen MR) is 98.2 cm³/mol. The zero-order valence-corrected chi connectivity index (χ0v) is 14.8. The second kappa shape index (κ2) is 6.98. The Hall–Kier alpha value is -2.96. The fraction of sp³-hybridized carbons (Fsp3) is 0.350. The summed E-state index contributed by atoms with van der Waals surface area (Å²) >= 11 is 0. The summed E-state index contributed by atoms with van der Waals surface area (Å²) in [5.74, 6) is -0.397. The third kappa shape index (κ3) is 3.77. The first-order valence-corrected chi connectivity index (χ1v) is 9.04. The molecule has 2 atom stereocenters. The average Bonchev–Trinajstić information content (AvgIpc) is 3.21. The standard InChI is InChI=1S/C20H21FN4O2/c21-15-4-1-3-14(9-15)11-23-19(27)25-8-6-20(13-25)10-17(20)18(26)24-16-5-2-7-22-12-16/h1-5,7,9,12,17H,6,8,10-11,13H2,(H,23,27)(H,24,26). The number of nitrogens with zero attached hydrogens (tertiary/aromatic N) is 2. The number of aromatic nitrogens is 1. The van der Waals surface area contributed by atoms with Gasteiger partial charge in [0, 0.05) is 37.2 Å². The van der Waals surface area contributed by atoms with Crippen LogP contribution in [0.15, 0.2) is 48.8 Å². The lowest BCUT2D eigenvalue weighted by atomic mass is 10.0. The van der Waals surface area contributed by atoms with E-state index in [0.717, 1.165) is 18.4 Å².